The molecule has 0 amide bonds. The van der Waals surface area contributed by atoms with Crippen LogP contribution in [0.4, 0.5) is 4.39 Å². The number of ether oxygens (including phenoxy) is 2. The number of rotatable bonds is 8. The first kappa shape index (κ1) is 19.1. The summed E-state index contributed by atoms with van der Waals surface area (Å²) in [6, 6.07) is 6.72. The quantitative estimate of drug-likeness (QED) is 0.438. The Bertz CT molecular complexity index is 642. The van der Waals surface area contributed by atoms with Crippen LogP contribution in [-0.2, 0) is 19.7 Å². The summed E-state index contributed by atoms with van der Waals surface area (Å²) in [4.78, 5) is 11.1. The van der Waals surface area contributed by atoms with Gasteiger partial charge in [0.25, 0.3) is 0 Å². The van der Waals surface area contributed by atoms with Gasteiger partial charge in [-0.05, 0) is 49.3 Å². The van der Waals surface area contributed by atoms with Crippen molar-refractivity contribution in [2.45, 2.75) is 43.6 Å². The number of halogens is 1. The number of methoxy groups -OCH3 is 1. The Morgan fingerprint density at radius 3 is 2.85 bits per heavy atom. The number of carbonyl (C=O) groups excluding carboxylic acids is 1. The predicted octanol–water partition coefficient (Wildman–Crippen LogP) is 3.38. The smallest absolute Gasteiger partial charge is 0.305 e. The third-order valence-electron chi connectivity index (χ3n) is 5.99. The molecule has 3 rings (SSSR count). The van der Waals surface area contributed by atoms with E-state index in [0.717, 1.165) is 31.2 Å². The van der Waals surface area contributed by atoms with Gasteiger partial charge in [-0.2, -0.15) is 0 Å². The Balaban J connectivity index is 1.67. The molecule has 0 spiro atoms. The first-order chi connectivity index (χ1) is 12.6. The van der Waals surface area contributed by atoms with E-state index in [1.165, 1.54) is 19.2 Å². The van der Waals surface area contributed by atoms with Crippen molar-refractivity contribution in [2.75, 3.05) is 20.3 Å². The third-order valence-corrected chi connectivity index (χ3v) is 5.99. The van der Waals surface area contributed by atoms with Crippen molar-refractivity contribution in [3.8, 4) is 0 Å². The van der Waals surface area contributed by atoms with Crippen molar-refractivity contribution in [3.05, 3.63) is 47.8 Å². The van der Waals surface area contributed by atoms with Gasteiger partial charge in [-0.3, -0.25) is 4.79 Å². The molecule has 1 heterocycles. The fourth-order valence-electron chi connectivity index (χ4n) is 4.60. The van der Waals surface area contributed by atoms with Gasteiger partial charge in [0, 0.05) is 24.4 Å². The summed E-state index contributed by atoms with van der Waals surface area (Å²) in [5.74, 6) is -0.0410. The van der Waals surface area contributed by atoms with Gasteiger partial charge < -0.3 is 14.6 Å². The van der Waals surface area contributed by atoms with Gasteiger partial charge in [0.05, 0.1) is 19.8 Å². The first-order valence-corrected chi connectivity index (χ1v) is 9.31. The van der Waals surface area contributed by atoms with E-state index in [-0.39, 0.29) is 41.7 Å². The maximum absolute atomic E-state index is 13.3. The minimum absolute atomic E-state index is 0.0720. The minimum Gasteiger partial charge on any atom is -0.469 e. The third kappa shape index (κ3) is 3.69. The summed E-state index contributed by atoms with van der Waals surface area (Å²) >= 11 is 0. The molecule has 1 saturated carbocycles. The molecule has 1 aromatic rings. The van der Waals surface area contributed by atoms with E-state index in [1.807, 2.05) is 12.1 Å². The number of aliphatic hydroxyl groups is 1. The normalized spacial score (nSPS) is 30.2. The molecule has 142 valence electrons. The second kappa shape index (κ2) is 8.31. The second-order valence-corrected chi connectivity index (χ2v) is 7.35. The lowest BCUT2D eigenvalue weighted by Crippen LogP contribution is -2.40. The Morgan fingerprint density at radius 1 is 1.38 bits per heavy atom. The summed E-state index contributed by atoms with van der Waals surface area (Å²) in [5.41, 5.74) is 0.948. The maximum Gasteiger partial charge on any atom is 0.305 e. The molecular weight excluding hydrogens is 335 g/mol. The molecule has 4 atom stereocenters. The van der Waals surface area contributed by atoms with Crippen LogP contribution in [0.3, 0.4) is 0 Å². The number of aliphatic hydroxyl groups excluding tert-OH is 1. The van der Waals surface area contributed by atoms with Gasteiger partial charge in [-0.25, -0.2) is 4.39 Å². The topological polar surface area (TPSA) is 55.8 Å². The van der Waals surface area contributed by atoms with Crippen LogP contribution in [0.15, 0.2) is 36.4 Å². The van der Waals surface area contributed by atoms with Crippen molar-refractivity contribution in [3.63, 3.8) is 0 Å². The van der Waals surface area contributed by atoms with E-state index >= 15 is 0 Å². The van der Waals surface area contributed by atoms with Crippen molar-refractivity contribution in [1.29, 1.82) is 0 Å². The summed E-state index contributed by atoms with van der Waals surface area (Å²) in [7, 11) is 1.40. The number of carbonyl (C=O) groups is 1. The van der Waals surface area contributed by atoms with Crippen LogP contribution in [0.25, 0.3) is 0 Å². The van der Waals surface area contributed by atoms with Gasteiger partial charge in [0.2, 0.25) is 0 Å². The van der Waals surface area contributed by atoms with Gasteiger partial charge in [-0.1, -0.05) is 24.3 Å². The van der Waals surface area contributed by atoms with Gasteiger partial charge in [0.1, 0.15) is 5.82 Å². The summed E-state index contributed by atoms with van der Waals surface area (Å²) in [6.07, 6.45) is 8.08. The zero-order valence-corrected chi connectivity index (χ0v) is 15.2. The number of fused-ring (bicyclic) bond motifs is 2. The first-order valence-electron chi connectivity index (χ1n) is 9.31. The molecule has 2 fully saturated rings. The van der Waals surface area contributed by atoms with Crippen LogP contribution < -0.4 is 0 Å². The van der Waals surface area contributed by atoms with Crippen molar-refractivity contribution in [2.24, 2.45) is 11.8 Å². The molecule has 1 N–H and O–H groups in total. The number of hydrogen-bond donors (Lipinski definition) is 1. The van der Waals surface area contributed by atoms with Crippen LogP contribution in [-0.4, -0.2) is 37.5 Å². The number of benzene rings is 1. The fourth-order valence-corrected chi connectivity index (χ4v) is 4.60. The molecule has 4 nitrogen and oxygen atoms in total. The lowest BCUT2D eigenvalue weighted by molar-refractivity contribution is -0.140. The Kier molecular flexibility index (Phi) is 6.09. The van der Waals surface area contributed by atoms with Gasteiger partial charge in [-0.15, -0.1) is 0 Å². The largest absolute Gasteiger partial charge is 0.469 e. The SMILES string of the molecule is COC(=O)CCC/C=C\C[C@H]1[C@H](CO)[C@@H]2C[C@@]1(c1ccc(F)cc1)CO2. The highest BCUT2D eigenvalue weighted by molar-refractivity contribution is 5.69. The molecule has 0 aromatic heterocycles. The average molecular weight is 362 g/mol. The van der Waals surface area contributed by atoms with E-state index in [4.69, 9.17) is 4.74 Å². The monoisotopic (exact) mass is 362 g/mol. The zero-order valence-electron chi connectivity index (χ0n) is 15.2. The number of unbranched alkanes of at least 4 members (excludes halogenated alkanes) is 1. The standard InChI is InChI=1S/C21H27FO4/c1-25-20(24)7-5-3-2-4-6-18-17(13-23)19-12-21(18,14-26-19)15-8-10-16(22)11-9-15/h2,4,8-11,17-19,23H,3,5-7,12-14H2,1H3/b4-2-/t17-,18-,19-,21-/m0/s1. The highest BCUT2D eigenvalue weighted by Crippen LogP contribution is 2.56. The van der Waals surface area contributed by atoms with E-state index in [1.54, 1.807) is 0 Å². The number of esters is 1. The molecule has 1 aliphatic carbocycles. The average Bonchev–Trinajstić information content (AvgIpc) is 3.22. The molecule has 1 aliphatic heterocycles. The fraction of sp³-hybridized carbons (Fsp3) is 0.571. The molecular formula is C21H27FO4. The summed E-state index contributed by atoms with van der Waals surface area (Å²) in [6.45, 7) is 0.731. The molecule has 0 unspecified atom stereocenters. The zero-order chi connectivity index (χ0) is 18.6. The lowest BCUT2D eigenvalue weighted by atomic mass is 9.69. The molecule has 0 radical (unpaired) electrons. The van der Waals surface area contributed by atoms with Crippen LogP contribution in [0.2, 0.25) is 0 Å². The predicted molar refractivity (Wildman–Crippen MR) is 96.1 cm³/mol. The van der Waals surface area contributed by atoms with Crippen molar-refractivity contribution >= 4 is 5.97 Å². The Hall–Kier alpha value is -1.72. The second-order valence-electron chi connectivity index (χ2n) is 7.35. The van der Waals surface area contributed by atoms with Gasteiger partial charge >= 0.3 is 5.97 Å². The van der Waals surface area contributed by atoms with Crippen molar-refractivity contribution in [1.82, 2.24) is 0 Å². The number of hydrogen-bond acceptors (Lipinski definition) is 4. The highest BCUT2D eigenvalue weighted by atomic mass is 19.1. The Labute approximate surface area is 154 Å². The number of allylic oxidation sites excluding steroid dienone is 2. The lowest BCUT2D eigenvalue weighted by Gasteiger charge is -2.38. The molecule has 1 saturated heterocycles. The molecule has 2 aliphatic rings. The molecule has 26 heavy (non-hydrogen) atoms. The van der Waals surface area contributed by atoms with Crippen molar-refractivity contribution < 1.29 is 23.8 Å². The van der Waals surface area contributed by atoms with Crippen LogP contribution >= 0.6 is 0 Å². The van der Waals surface area contributed by atoms with E-state index < -0.39 is 0 Å². The Morgan fingerprint density at radius 2 is 2.15 bits per heavy atom. The van der Waals surface area contributed by atoms with Crippen LogP contribution in [0, 0.1) is 17.7 Å². The minimum atomic E-state index is -0.237. The van der Waals surface area contributed by atoms with E-state index in [0.29, 0.717) is 13.0 Å². The van der Waals surface area contributed by atoms with Gasteiger partial charge in [0.15, 0.2) is 0 Å². The molecule has 1 aromatic carbocycles. The van der Waals surface area contributed by atoms with E-state index in [9.17, 15) is 14.3 Å². The maximum atomic E-state index is 13.3. The molecule has 2 bridgehead atoms. The molecule has 5 heteroatoms. The van der Waals surface area contributed by atoms with E-state index in [2.05, 4.69) is 16.9 Å². The summed E-state index contributed by atoms with van der Waals surface area (Å²) in [5, 5.41) is 9.88. The van der Waals surface area contributed by atoms with Crippen LogP contribution in [0.1, 0.15) is 37.7 Å². The highest BCUT2D eigenvalue weighted by Gasteiger charge is 2.58. The summed E-state index contributed by atoms with van der Waals surface area (Å²) < 4.78 is 23.9. The van der Waals surface area contributed by atoms with Crippen LogP contribution in [0.5, 0.6) is 0 Å².